The summed E-state index contributed by atoms with van der Waals surface area (Å²) >= 11 is 0. The smallest absolute Gasteiger partial charge is 0.243 e. The number of amides is 4. The molecule has 3 aromatic rings. The number of nitrogens with one attached hydrogen (secondary N) is 2. The fourth-order valence-electron chi connectivity index (χ4n) is 4.78. The summed E-state index contributed by atoms with van der Waals surface area (Å²) in [5.41, 5.74) is 14.2. The molecule has 7 N–H and O–H groups in total. The van der Waals surface area contributed by atoms with E-state index in [0.29, 0.717) is 13.0 Å². The van der Waals surface area contributed by atoms with Gasteiger partial charge in [-0.15, -0.1) is 0 Å². The lowest BCUT2D eigenvalue weighted by molar-refractivity contribution is -0.149. The van der Waals surface area contributed by atoms with Crippen LogP contribution in [0.2, 0.25) is 0 Å². The van der Waals surface area contributed by atoms with Crippen molar-refractivity contribution >= 4 is 23.6 Å². The van der Waals surface area contributed by atoms with Crippen molar-refractivity contribution in [2.24, 2.45) is 11.5 Å². The molecule has 1 aliphatic heterocycles. The van der Waals surface area contributed by atoms with Crippen molar-refractivity contribution in [3.63, 3.8) is 0 Å². The molecule has 4 amide bonds. The quantitative estimate of drug-likeness (QED) is 0.221. The first-order valence-electron chi connectivity index (χ1n) is 13.5. The second-order valence-electron chi connectivity index (χ2n) is 10.2. The van der Waals surface area contributed by atoms with E-state index >= 15 is 0 Å². The highest BCUT2D eigenvalue weighted by Gasteiger charge is 2.40. The van der Waals surface area contributed by atoms with Crippen molar-refractivity contribution in [1.29, 1.82) is 0 Å². The van der Waals surface area contributed by atoms with Crippen LogP contribution in [0.3, 0.4) is 0 Å². The standard InChI is InChI=1S/C31H35N5O5/c32-24(17-22-11-13-23(37)14-12-22)31(41)36-16-15-27(36)30(40)35-26(19-21-9-5-2-6-10-21)29(39)34-25(28(33)38)18-20-7-3-1-4-8-20/h1-14,24-27,37H,15-19,32H2,(H2,33,38)(H,34,39)(H,35,40)/t24-,25-,26-,27-/m0/s1. The number of hydrogen-bond acceptors (Lipinski definition) is 6. The van der Waals surface area contributed by atoms with Crippen molar-refractivity contribution in [2.75, 3.05) is 6.54 Å². The molecule has 214 valence electrons. The van der Waals surface area contributed by atoms with Gasteiger partial charge in [-0.25, -0.2) is 0 Å². The Kier molecular flexibility index (Phi) is 9.70. The van der Waals surface area contributed by atoms with E-state index in [9.17, 15) is 24.3 Å². The first-order chi connectivity index (χ1) is 19.7. The number of carbonyl (C=O) groups is 4. The van der Waals surface area contributed by atoms with Crippen molar-refractivity contribution in [2.45, 2.75) is 49.9 Å². The number of carbonyl (C=O) groups excluding carboxylic acids is 4. The second-order valence-corrected chi connectivity index (χ2v) is 10.2. The van der Waals surface area contributed by atoms with E-state index < -0.39 is 41.9 Å². The van der Waals surface area contributed by atoms with Crippen molar-refractivity contribution in [3.05, 3.63) is 102 Å². The minimum absolute atomic E-state index is 0.115. The Labute approximate surface area is 238 Å². The van der Waals surface area contributed by atoms with Gasteiger partial charge in [-0.3, -0.25) is 19.2 Å². The topological polar surface area (TPSA) is 168 Å². The summed E-state index contributed by atoms with van der Waals surface area (Å²) in [5.74, 6) is -1.97. The number of nitrogens with zero attached hydrogens (tertiary/aromatic N) is 1. The molecule has 10 heteroatoms. The maximum Gasteiger partial charge on any atom is 0.243 e. The number of aromatic hydroxyl groups is 1. The number of rotatable bonds is 12. The summed E-state index contributed by atoms with van der Waals surface area (Å²) in [4.78, 5) is 53.4. The van der Waals surface area contributed by atoms with E-state index in [1.54, 1.807) is 12.1 Å². The van der Waals surface area contributed by atoms with E-state index in [1.165, 1.54) is 17.0 Å². The van der Waals surface area contributed by atoms with Crippen molar-refractivity contribution in [3.8, 4) is 5.75 Å². The number of phenolic OH excluding ortho intramolecular Hbond substituents is 1. The lowest BCUT2D eigenvalue weighted by Crippen LogP contribution is -2.64. The number of benzene rings is 3. The van der Waals surface area contributed by atoms with E-state index in [-0.39, 0.29) is 30.9 Å². The molecule has 0 spiro atoms. The van der Waals surface area contributed by atoms with E-state index in [0.717, 1.165) is 16.7 Å². The number of hydrogen-bond donors (Lipinski definition) is 5. The molecule has 0 unspecified atom stereocenters. The molecule has 4 rings (SSSR count). The summed E-state index contributed by atoms with van der Waals surface area (Å²) < 4.78 is 0. The fraction of sp³-hybridized carbons (Fsp3) is 0.290. The van der Waals surface area contributed by atoms with Gasteiger partial charge in [-0.2, -0.15) is 0 Å². The van der Waals surface area contributed by atoms with Gasteiger partial charge in [0.1, 0.15) is 23.9 Å². The predicted molar refractivity (Wildman–Crippen MR) is 153 cm³/mol. The minimum Gasteiger partial charge on any atom is -0.508 e. The van der Waals surface area contributed by atoms with Crippen LogP contribution in [0.25, 0.3) is 0 Å². The average molecular weight is 558 g/mol. The largest absolute Gasteiger partial charge is 0.508 e. The lowest BCUT2D eigenvalue weighted by atomic mass is 9.97. The Bertz CT molecular complexity index is 1350. The maximum atomic E-state index is 13.4. The van der Waals surface area contributed by atoms with Gasteiger partial charge in [0.25, 0.3) is 0 Å². The molecule has 41 heavy (non-hydrogen) atoms. The maximum absolute atomic E-state index is 13.4. The Balaban J connectivity index is 1.43. The molecule has 0 aromatic heterocycles. The third-order valence-electron chi connectivity index (χ3n) is 7.17. The normalized spacial score (nSPS) is 16.5. The summed E-state index contributed by atoms with van der Waals surface area (Å²) in [6.07, 6.45) is 1.06. The molecule has 3 aromatic carbocycles. The molecule has 0 saturated carbocycles. The molecule has 1 fully saturated rings. The highest BCUT2D eigenvalue weighted by Crippen LogP contribution is 2.20. The van der Waals surface area contributed by atoms with Crippen LogP contribution >= 0.6 is 0 Å². The van der Waals surface area contributed by atoms with Crippen molar-refractivity contribution < 1.29 is 24.3 Å². The van der Waals surface area contributed by atoms with E-state index in [1.807, 2.05) is 60.7 Å². The van der Waals surface area contributed by atoms with Crippen LogP contribution in [0.5, 0.6) is 5.75 Å². The Hall–Kier alpha value is -4.70. The number of nitrogens with two attached hydrogens (primary N) is 2. The zero-order valence-corrected chi connectivity index (χ0v) is 22.6. The van der Waals surface area contributed by atoms with Crippen LogP contribution in [0.15, 0.2) is 84.9 Å². The van der Waals surface area contributed by atoms with Gasteiger partial charge >= 0.3 is 0 Å². The van der Waals surface area contributed by atoms with E-state index in [2.05, 4.69) is 10.6 Å². The SMILES string of the molecule is NC(=O)[C@H](Cc1ccccc1)NC(=O)[C@H](Cc1ccccc1)NC(=O)[C@@H]1CCN1C(=O)[C@@H](N)Cc1ccc(O)cc1. The van der Waals surface area contributed by atoms with Gasteiger partial charge in [-0.05, 0) is 41.7 Å². The van der Waals surface area contributed by atoms with Crippen LogP contribution in [0, 0.1) is 0 Å². The minimum atomic E-state index is -1.01. The Morgan fingerprint density at radius 1 is 0.780 bits per heavy atom. The van der Waals surface area contributed by atoms with Crippen LogP contribution < -0.4 is 22.1 Å². The third-order valence-corrected chi connectivity index (χ3v) is 7.17. The monoisotopic (exact) mass is 557 g/mol. The molecular weight excluding hydrogens is 522 g/mol. The Morgan fingerprint density at radius 2 is 1.32 bits per heavy atom. The second kappa shape index (κ2) is 13.6. The molecule has 0 aliphatic carbocycles. The van der Waals surface area contributed by atoms with Crippen LogP contribution in [-0.4, -0.2) is 64.3 Å². The zero-order chi connectivity index (χ0) is 29.4. The highest BCUT2D eigenvalue weighted by atomic mass is 16.3. The summed E-state index contributed by atoms with van der Waals surface area (Å²) in [7, 11) is 0. The van der Waals surface area contributed by atoms with Gasteiger partial charge in [0.05, 0.1) is 6.04 Å². The molecule has 4 atom stereocenters. The van der Waals surface area contributed by atoms with Gasteiger partial charge in [0, 0.05) is 19.4 Å². The molecule has 0 bridgehead atoms. The summed E-state index contributed by atoms with van der Waals surface area (Å²) in [5, 5.41) is 15.0. The number of phenols is 1. The first kappa shape index (κ1) is 29.3. The summed E-state index contributed by atoms with van der Waals surface area (Å²) in [6, 6.07) is 21.2. The fourth-order valence-corrected chi connectivity index (χ4v) is 4.78. The van der Waals surface area contributed by atoms with Crippen LogP contribution in [0.4, 0.5) is 0 Å². The number of likely N-dealkylation sites (tertiary alicyclic amines) is 1. The van der Waals surface area contributed by atoms with Gasteiger partial charge in [-0.1, -0.05) is 72.8 Å². The predicted octanol–water partition coefficient (Wildman–Crippen LogP) is 0.803. The zero-order valence-electron chi connectivity index (χ0n) is 22.6. The average Bonchev–Trinajstić information content (AvgIpc) is 2.94. The van der Waals surface area contributed by atoms with Crippen LogP contribution in [-0.2, 0) is 38.4 Å². The highest BCUT2D eigenvalue weighted by molar-refractivity contribution is 5.95. The molecule has 0 radical (unpaired) electrons. The van der Waals surface area contributed by atoms with Crippen molar-refractivity contribution in [1.82, 2.24) is 15.5 Å². The van der Waals surface area contributed by atoms with Crippen LogP contribution in [0.1, 0.15) is 23.1 Å². The molecule has 1 saturated heterocycles. The lowest BCUT2D eigenvalue weighted by Gasteiger charge is -2.41. The van der Waals surface area contributed by atoms with Gasteiger partial charge in [0.15, 0.2) is 0 Å². The Morgan fingerprint density at radius 3 is 1.83 bits per heavy atom. The molecule has 10 nitrogen and oxygen atoms in total. The third kappa shape index (κ3) is 7.92. The summed E-state index contributed by atoms with van der Waals surface area (Å²) in [6.45, 7) is 0.372. The number of primary amides is 1. The molecule has 1 heterocycles. The first-order valence-corrected chi connectivity index (χ1v) is 13.5. The molecular formula is C31H35N5O5. The molecule has 1 aliphatic rings. The van der Waals surface area contributed by atoms with E-state index in [4.69, 9.17) is 11.5 Å². The van der Waals surface area contributed by atoms with Gasteiger partial charge < -0.3 is 32.1 Å². The van der Waals surface area contributed by atoms with Gasteiger partial charge in [0.2, 0.25) is 23.6 Å².